The molecular formula is C19H18N4O2. The second-order valence-electron chi connectivity index (χ2n) is 5.77. The summed E-state index contributed by atoms with van der Waals surface area (Å²) >= 11 is 0. The van der Waals surface area contributed by atoms with Crippen molar-refractivity contribution in [1.29, 1.82) is 0 Å². The number of nitrogens with two attached hydrogens (primary N) is 2. The summed E-state index contributed by atoms with van der Waals surface area (Å²) in [5, 5.41) is 0.771. The number of hydrogen-bond acceptors (Lipinski definition) is 6. The molecule has 2 heterocycles. The van der Waals surface area contributed by atoms with Crippen molar-refractivity contribution in [2.24, 2.45) is 10.7 Å². The molecule has 126 valence electrons. The van der Waals surface area contributed by atoms with Gasteiger partial charge >= 0.3 is 0 Å². The highest BCUT2D eigenvalue weighted by atomic mass is 16.5. The van der Waals surface area contributed by atoms with E-state index in [1.54, 1.807) is 13.4 Å². The van der Waals surface area contributed by atoms with E-state index in [9.17, 15) is 0 Å². The van der Waals surface area contributed by atoms with E-state index in [-0.39, 0.29) is 6.17 Å². The number of ether oxygens (including phenoxy) is 1. The third-order valence-electron chi connectivity index (χ3n) is 4.23. The van der Waals surface area contributed by atoms with Crippen molar-refractivity contribution in [1.82, 2.24) is 0 Å². The Balaban J connectivity index is 1.90. The molecule has 1 atom stereocenters. The Kier molecular flexibility index (Phi) is 3.57. The predicted molar refractivity (Wildman–Crippen MR) is 96.2 cm³/mol. The van der Waals surface area contributed by atoms with Crippen LogP contribution in [0.15, 0.2) is 70.3 Å². The lowest BCUT2D eigenvalue weighted by Crippen LogP contribution is -2.43. The van der Waals surface area contributed by atoms with Gasteiger partial charge in [-0.2, -0.15) is 0 Å². The van der Waals surface area contributed by atoms with Crippen molar-refractivity contribution in [2.75, 3.05) is 17.7 Å². The first kappa shape index (κ1) is 15.1. The van der Waals surface area contributed by atoms with E-state index in [1.165, 1.54) is 0 Å². The van der Waals surface area contributed by atoms with E-state index in [0.29, 0.717) is 17.1 Å². The van der Waals surface area contributed by atoms with Crippen molar-refractivity contribution < 1.29 is 9.15 Å². The minimum absolute atomic E-state index is 0.355. The van der Waals surface area contributed by atoms with Crippen molar-refractivity contribution in [3.05, 3.63) is 77.2 Å². The van der Waals surface area contributed by atoms with Gasteiger partial charge in [-0.15, -0.1) is 0 Å². The molecule has 6 heteroatoms. The van der Waals surface area contributed by atoms with Crippen molar-refractivity contribution in [2.45, 2.75) is 6.17 Å². The van der Waals surface area contributed by atoms with Crippen LogP contribution in [0.5, 0.6) is 5.75 Å². The molecule has 0 saturated carbocycles. The molecule has 1 unspecified atom stereocenters. The highest BCUT2D eigenvalue weighted by molar-refractivity contribution is 5.71. The van der Waals surface area contributed by atoms with Crippen LogP contribution in [0.3, 0.4) is 0 Å². The quantitative estimate of drug-likeness (QED) is 0.712. The van der Waals surface area contributed by atoms with E-state index in [1.807, 2.05) is 59.5 Å². The second kappa shape index (κ2) is 5.90. The number of rotatable bonds is 3. The van der Waals surface area contributed by atoms with Crippen molar-refractivity contribution >= 4 is 17.2 Å². The summed E-state index contributed by atoms with van der Waals surface area (Å²) < 4.78 is 10.7. The van der Waals surface area contributed by atoms with Crippen LogP contribution in [0.2, 0.25) is 0 Å². The predicted octanol–water partition coefficient (Wildman–Crippen LogP) is 1.73. The zero-order valence-electron chi connectivity index (χ0n) is 13.7. The smallest absolute Gasteiger partial charge is 0.227 e. The molecule has 0 bridgehead atoms. The van der Waals surface area contributed by atoms with Crippen molar-refractivity contribution in [3.8, 4) is 5.75 Å². The van der Waals surface area contributed by atoms with E-state index in [0.717, 1.165) is 22.2 Å². The summed E-state index contributed by atoms with van der Waals surface area (Å²) in [6.45, 7) is 0. The van der Waals surface area contributed by atoms with Gasteiger partial charge in [0.25, 0.3) is 0 Å². The summed E-state index contributed by atoms with van der Waals surface area (Å²) in [6.07, 6.45) is 1.24. The molecule has 0 spiro atoms. The van der Waals surface area contributed by atoms with Crippen LogP contribution in [0.25, 0.3) is 5.82 Å². The molecule has 0 amide bonds. The summed E-state index contributed by atoms with van der Waals surface area (Å²) in [6, 6.07) is 17.1. The average molecular weight is 334 g/mol. The van der Waals surface area contributed by atoms with Gasteiger partial charge in [0.15, 0.2) is 6.17 Å². The second-order valence-corrected chi connectivity index (χ2v) is 5.77. The van der Waals surface area contributed by atoms with E-state index in [4.69, 9.17) is 25.6 Å². The van der Waals surface area contributed by atoms with Gasteiger partial charge in [-0.3, -0.25) is 0 Å². The van der Waals surface area contributed by atoms with E-state index < -0.39 is 0 Å². The first-order chi connectivity index (χ1) is 12.2. The molecule has 2 aromatic carbocycles. The van der Waals surface area contributed by atoms with Gasteiger partial charge in [0.05, 0.1) is 18.6 Å². The van der Waals surface area contributed by atoms with Crippen LogP contribution in [-0.4, -0.2) is 7.11 Å². The first-order valence-electron chi connectivity index (χ1n) is 7.87. The Morgan fingerprint density at radius 2 is 1.88 bits per heavy atom. The fourth-order valence-corrected chi connectivity index (χ4v) is 2.98. The SMILES string of the molecule is COc1ccc(C2N=c3occc3=C(N)N2c2cccc(N)c2)cc1. The van der Waals surface area contributed by atoms with Gasteiger partial charge in [-0.25, -0.2) is 4.99 Å². The third-order valence-corrected chi connectivity index (χ3v) is 4.23. The van der Waals surface area contributed by atoms with Crippen LogP contribution in [0.1, 0.15) is 11.7 Å². The molecule has 3 aromatic rings. The Hall–Kier alpha value is -3.41. The number of nitrogen functional groups attached to an aromatic ring is 1. The monoisotopic (exact) mass is 334 g/mol. The minimum atomic E-state index is -0.355. The molecule has 4 N–H and O–H groups in total. The summed E-state index contributed by atoms with van der Waals surface area (Å²) in [7, 11) is 1.64. The summed E-state index contributed by atoms with van der Waals surface area (Å²) in [5.74, 6) is 1.36. The number of furan rings is 1. The molecule has 0 fully saturated rings. The lowest BCUT2D eigenvalue weighted by Gasteiger charge is -2.33. The van der Waals surface area contributed by atoms with Crippen LogP contribution in [-0.2, 0) is 0 Å². The molecule has 25 heavy (non-hydrogen) atoms. The maximum absolute atomic E-state index is 6.46. The number of fused-ring (bicyclic) bond motifs is 1. The Morgan fingerprint density at radius 1 is 1.08 bits per heavy atom. The van der Waals surface area contributed by atoms with Crippen LogP contribution < -0.4 is 31.9 Å². The van der Waals surface area contributed by atoms with Gasteiger partial charge in [0, 0.05) is 11.4 Å². The molecule has 4 rings (SSSR count). The topological polar surface area (TPSA) is 90.0 Å². The minimum Gasteiger partial charge on any atom is -0.497 e. The van der Waals surface area contributed by atoms with Crippen molar-refractivity contribution in [3.63, 3.8) is 0 Å². The maximum atomic E-state index is 6.46. The Bertz CT molecular complexity index is 1020. The molecule has 1 aromatic heterocycles. The Labute approximate surface area is 144 Å². The maximum Gasteiger partial charge on any atom is 0.227 e. The lowest BCUT2D eigenvalue weighted by molar-refractivity contribution is 0.414. The van der Waals surface area contributed by atoms with Crippen LogP contribution in [0.4, 0.5) is 11.4 Å². The van der Waals surface area contributed by atoms with Crippen LogP contribution >= 0.6 is 0 Å². The number of nitrogens with zero attached hydrogens (tertiary/aromatic N) is 2. The third kappa shape index (κ3) is 2.57. The molecule has 0 saturated heterocycles. The zero-order valence-corrected chi connectivity index (χ0v) is 13.7. The summed E-state index contributed by atoms with van der Waals surface area (Å²) in [4.78, 5) is 6.70. The van der Waals surface area contributed by atoms with E-state index >= 15 is 0 Å². The Morgan fingerprint density at radius 3 is 2.60 bits per heavy atom. The van der Waals surface area contributed by atoms with Gasteiger partial charge in [-0.1, -0.05) is 18.2 Å². The van der Waals surface area contributed by atoms with Gasteiger partial charge in [0.1, 0.15) is 11.6 Å². The standard InChI is InChI=1S/C19H18N4O2/c1-24-15-7-5-12(6-8-15)18-22-19-16(9-10-25-19)17(21)23(18)14-4-2-3-13(20)11-14/h2-11,18H,20-21H2,1H3. The van der Waals surface area contributed by atoms with Gasteiger partial charge < -0.3 is 25.5 Å². The number of methoxy groups -OCH3 is 1. The van der Waals surface area contributed by atoms with E-state index in [2.05, 4.69) is 0 Å². The molecule has 1 aliphatic heterocycles. The highest BCUT2D eigenvalue weighted by Gasteiger charge is 2.27. The highest BCUT2D eigenvalue weighted by Crippen LogP contribution is 2.33. The van der Waals surface area contributed by atoms with Gasteiger partial charge in [0.2, 0.25) is 5.55 Å². The fraction of sp³-hybridized carbons (Fsp3) is 0.105. The molecule has 0 aliphatic carbocycles. The number of benzene rings is 2. The van der Waals surface area contributed by atoms with Gasteiger partial charge in [-0.05, 0) is 42.0 Å². The molecule has 1 aliphatic rings. The zero-order chi connectivity index (χ0) is 17.4. The largest absolute Gasteiger partial charge is 0.497 e. The molecule has 6 nitrogen and oxygen atoms in total. The average Bonchev–Trinajstić information content (AvgIpc) is 3.11. The fourth-order valence-electron chi connectivity index (χ4n) is 2.98. The van der Waals surface area contributed by atoms with Crippen LogP contribution in [0, 0.1) is 0 Å². The number of anilines is 2. The lowest BCUT2D eigenvalue weighted by atomic mass is 10.1. The summed E-state index contributed by atoms with van der Waals surface area (Å²) in [5.41, 5.74) is 15.4. The molecule has 0 radical (unpaired) electrons. The molecular weight excluding hydrogens is 316 g/mol. The number of hydrogen-bond donors (Lipinski definition) is 2. The normalized spacial score (nSPS) is 16.3. The first-order valence-corrected chi connectivity index (χ1v) is 7.87.